The molecule has 5 heteroatoms. The number of rotatable bonds is 3. The van der Waals surface area contributed by atoms with E-state index in [4.69, 9.17) is 0 Å². The van der Waals surface area contributed by atoms with Crippen LogP contribution in [-0.4, -0.2) is 24.9 Å². The van der Waals surface area contributed by atoms with Crippen molar-refractivity contribution in [2.75, 3.05) is 22.9 Å². The van der Waals surface area contributed by atoms with Gasteiger partial charge in [0.15, 0.2) is 0 Å². The molecule has 0 saturated heterocycles. The van der Waals surface area contributed by atoms with Crippen molar-refractivity contribution in [3.8, 4) is 0 Å². The summed E-state index contributed by atoms with van der Waals surface area (Å²) >= 11 is 3.50. The molecule has 4 nitrogen and oxygen atoms in total. The number of benzene rings is 2. The lowest BCUT2D eigenvalue weighted by Gasteiger charge is -2.25. The lowest BCUT2D eigenvalue weighted by molar-refractivity contribution is -0.121. The molecule has 0 radical (unpaired) electrons. The predicted molar refractivity (Wildman–Crippen MR) is 99.4 cm³/mol. The molecule has 2 aromatic carbocycles. The fourth-order valence-corrected chi connectivity index (χ4v) is 3.72. The zero-order valence-electron chi connectivity index (χ0n) is 13.8. The molecular formula is C19H19BrN2O2. The van der Waals surface area contributed by atoms with E-state index < -0.39 is 0 Å². The largest absolute Gasteiger partial charge is 0.310 e. The highest BCUT2D eigenvalue weighted by molar-refractivity contribution is 9.10. The van der Waals surface area contributed by atoms with Gasteiger partial charge >= 0.3 is 0 Å². The van der Waals surface area contributed by atoms with Crippen LogP contribution in [0.2, 0.25) is 0 Å². The highest BCUT2D eigenvalue weighted by Gasteiger charge is 2.27. The van der Waals surface area contributed by atoms with Crippen LogP contribution in [0.25, 0.3) is 0 Å². The van der Waals surface area contributed by atoms with E-state index in [0.717, 1.165) is 22.1 Å². The van der Waals surface area contributed by atoms with Gasteiger partial charge in [0.2, 0.25) is 11.8 Å². The first-order chi connectivity index (χ1) is 11.5. The average Bonchev–Trinajstić information content (AvgIpc) is 2.97. The molecule has 2 aromatic rings. The Hall–Kier alpha value is -2.14. The molecule has 0 aromatic heterocycles. The Bertz CT molecular complexity index is 804. The highest BCUT2D eigenvalue weighted by atomic mass is 79.9. The summed E-state index contributed by atoms with van der Waals surface area (Å²) in [7, 11) is 0. The molecule has 0 fully saturated rings. The number of halogens is 1. The van der Waals surface area contributed by atoms with E-state index in [2.05, 4.69) is 15.9 Å². The minimum Gasteiger partial charge on any atom is -0.310 e. The monoisotopic (exact) mass is 386 g/mol. The fraction of sp³-hybridized carbons (Fsp3) is 0.263. The second kappa shape index (κ2) is 6.77. The third kappa shape index (κ3) is 3.22. The SMILES string of the molecule is CC(=O)N(CC(=O)N1CCc2ccccc21)c1ccc(C)cc1Br. The van der Waals surface area contributed by atoms with Crippen molar-refractivity contribution < 1.29 is 9.59 Å². The van der Waals surface area contributed by atoms with E-state index in [9.17, 15) is 9.59 Å². The first-order valence-electron chi connectivity index (χ1n) is 7.90. The van der Waals surface area contributed by atoms with Crippen molar-refractivity contribution in [3.05, 3.63) is 58.1 Å². The number of para-hydroxylation sites is 1. The summed E-state index contributed by atoms with van der Waals surface area (Å²) in [6.07, 6.45) is 0.857. The molecule has 0 spiro atoms. The lowest BCUT2D eigenvalue weighted by atomic mass is 10.2. The van der Waals surface area contributed by atoms with Gasteiger partial charge in [-0.05, 0) is 58.6 Å². The number of anilines is 2. The Morgan fingerprint density at radius 2 is 1.96 bits per heavy atom. The maximum Gasteiger partial charge on any atom is 0.247 e. The van der Waals surface area contributed by atoms with Crippen molar-refractivity contribution in [3.63, 3.8) is 0 Å². The molecule has 0 atom stereocenters. The molecule has 0 N–H and O–H groups in total. The number of nitrogens with zero attached hydrogens (tertiary/aromatic N) is 2. The number of amides is 2. The molecule has 3 rings (SSSR count). The van der Waals surface area contributed by atoms with Crippen LogP contribution in [-0.2, 0) is 16.0 Å². The van der Waals surface area contributed by atoms with Gasteiger partial charge < -0.3 is 9.80 Å². The maximum absolute atomic E-state index is 12.8. The van der Waals surface area contributed by atoms with Gasteiger partial charge in [-0.25, -0.2) is 0 Å². The summed E-state index contributed by atoms with van der Waals surface area (Å²) in [5, 5.41) is 0. The standard InChI is InChI=1S/C19H19BrN2O2/c1-13-7-8-18(16(20)11-13)22(14(2)23)12-19(24)21-10-9-15-5-3-4-6-17(15)21/h3-8,11H,9-10,12H2,1-2H3. The van der Waals surface area contributed by atoms with Crippen LogP contribution in [0.5, 0.6) is 0 Å². The Morgan fingerprint density at radius 1 is 1.21 bits per heavy atom. The third-order valence-corrected chi connectivity index (χ3v) is 4.89. The van der Waals surface area contributed by atoms with Crippen LogP contribution in [0.15, 0.2) is 46.9 Å². The van der Waals surface area contributed by atoms with Crippen molar-refractivity contribution in [1.82, 2.24) is 0 Å². The van der Waals surface area contributed by atoms with Gasteiger partial charge in [0.1, 0.15) is 6.54 Å². The quantitative estimate of drug-likeness (QED) is 0.806. The molecule has 1 aliphatic heterocycles. The van der Waals surface area contributed by atoms with E-state index in [1.54, 1.807) is 4.90 Å². The molecule has 124 valence electrons. The van der Waals surface area contributed by atoms with E-state index in [1.807, 2.05) is 49.4 Å². The molecule has 1 heterocycles. The molecular weight excluding hydrogens is 368 g/mol. The summed E-state index contributed by atoms with van der Waals surface area (Å²) in [6, 6.07) is 13.7. The van der Waals surface area contributed by atoms with Gasteiger partial charge in [0, 0.05) is 23.6 Å². The van der Waals surface area contributed by atoms with Crippen LogP contribution in [0.1, 0.15) is 18.1 Å². The van der Waals surface area contributed by atoms with Gasteiger partial charge in [-0.1, -0.05) is 24.3 Å². The fourth-order valence-electron chi connectivity index (χ4n) is 3.01. The van der Waals surface area contributed by atoms with Crippen molar-refractivity contribution in [1.29, 1.82) is 0 Å². The topological polar surface area (TPSA) is 40.6 Å². The zero-order chi connectivity index (χ0) is 17.3. The first-order valence-corrected chi connectivity index (χ1v) is 8.69. The first kappa shape index (κ1) is 16.7. The Labute approximate surface area is 150 Å². The van der Waals surface area contributed by atoms with Crippen LogP contribution in [0.3, 0.4) is 0 Å². The van der Waals surface area contributed by atoms with Crippen LogP contribution >= 0.6 is 15.9 Å². The number of aryl methyl sites for hydroxylation is 1. The summed E-state index contributed by atoms with van der Waals surface area (Å²) in [4.78, 5) is 28.2. The Morgan fingerprint density at radius 3 is 2.67 bits per heavy atom. The second-order valence-corrected chi connectivity index (χ2v) is 6.84. The van der Waals surface area contributed by atoms with E-state index in [0.29, 0.717) is 12.2 Å². The molecule has 0 bridgehead atoms. The van der Waals surface area contributed by atoms with Crippen molar-refractivity contribution >= 4 is 39.1 Å². The summed E-state index contributed by atoms with van der Waals surface area (Å²) in [5.41, 5.74) is 3.94. The summed E-state index contributed by atoms with van der Waals surface area (Å²) < 4.78 is 0.812. The highest BCUT2D eigenvalue weighted by Crippen LogP contribution is 2.30. The Kier molecular flexibility index (Phi) is 4.71. The Balaban J connectivity index is 1.84. The number of carbonyl (C=O) groups excluding carboxylic acids is 2. The molecule has 24 heavy (non-hydrogen) atoms. The van der Waals surface area contributed by atoms with Crippen LogP contribution in [0.4, 0.5) is 11.4 Å². The summed E-state index contributed by atoms with van der Waals surface area (Å²) in [6.45, 7) is 4.17. The zero-order valence-corrected chi connectivity index (χ0v) is 15.3. The molecule has 0 aliphatic carbocycles. The maximum atomic E-state index is 12.8. The van der Waals surface area contributed by atoms with Gasteiger partial charge in [0.25, 0.3) is 0 Å². The minimum atomic E-state index is -0.152. The van der Waals surface area contributed by atoms with Crippen LogP contribution < -0.4 is 9.80 Å². The number of hydrogen-bond donors (Lipinski definition) is 0. The smallest absolute Gasteiger partial charge is 0.247 e. The van der Waals surface area contributed by atoms with Crippen LogP contribution in [0, 0.1) is 6.92 Å². The molecule has 0 saturated carbocycles. The van der Waals surface area contributed by atoms with E-state index >= 15 is 0 Å². The second-order valence-electron chi connectivity index (χ2n) is 5.98. The van der Waals surface area contributed by atoms with E-state index in [1.165, 1.54) is 17.4 Å². The van der Waals surface area contributed by atoms with Gasteiger partial charge in [0.05, 0.1) is 5.69 Å². The minimum absolute atomic E-state index is 0.0331. The number of carbonyl (C=O) groups is 2. The summed E-state index contributed by atoms with van der Waals surface area (Å²) in [5.74, 6) is -0.219. The average molecular weight is 387 g/mol. The predicted octanol–water partition coefficient (Wildman–Crippen LogP) is 3.70. The molecule has 2 amide bonds. The number of fused-ring (bicyclic) bond motifs is 1. The number of hydrogen-bond acceptors (Lipinski definition) is 2. The van der Waals surface area contributed by atoms with Gasteiger partial charge in [-0.3, -0.25) is 9.59 Å². The van der Waals surface area contributed by atoms with Crippen molar-refractivity contribution in [2.24, 2.45) is 0 Å². The third-order valence-electron chi connectivity index (χ3n) is 4.26. The molecule has 0 unspecified atom stereocenters. The lowest BCUT2D eigenvalue weighted by Crippen LogP contribution is -2.42. The van der Waals surface area contributed by atoms with Gasteiger partial charge in [-0.15, -0.1) is 0 Å². The van der Waals surface area contributed by atoms with Gasteiger partial charge in [-0.2, -0.15) is 0 Å². The van der Waals surface area contributed by atoms with E-state index in [-0.39, 0.29) is 18.4 Å². The molecule has 1 aliphatic rings. The normalized spacial score (nSPS) is 12.9. The van der Waals surface area contributed by atoms with Crippen molar-refractivity contribution in [2.45, 2.75) is 20.3 Å².